The van der Waals surface area contributed by atoms with Crippen molar-refractivity contribution < 1.29 is 17.6 Å². The number of aryl methyl sites for hydroxylation is 1. The van der Waals surface area contributed by atoms with Gasteiger partial charge in [-0.2, -0.15) is 5.10 Å². The van der Waals surface area contributed by atoms with Crippen LogP contribution >= 0.6 is 0 Å². The molecule has 0 aliphatic carbocycles. The van der Waals surface area contributed by atoms with E-state index < -0.39 is 21.7 Å². The highest BCUT2D eigenvalue weighted by Crippen LogP contribution is 2.16. The normalized spacial score (nSPS) is 11.4. The molecule has 0 atom stereocenters. The van der Waals surface area contributed by atoms with Crippen LogP contribution in [0.5, 0.6) is 0 Å². The van der Waals surface area contributed by atoms with Crippen LogP contribution in [0.1, 0.15) is 10.4 Å². The lowest BCUT2D eigenvalue weighted by molar-refractivity contribution is 0.0981. The van der Waals surface area contributed by atoms with Gasteiger partial charge < -0.3 is 4.57 Å². The maximum atomic E-state index is 14.2. The molecule has 1 aromatic carbocycles. The van der Waals surface area contributed by atoms with E-state index in [1.165, 1.54) is 23.0 Å². The van der Waals surface area contributed by atoms with Gasteiger partial charge in [-0.05, 0) is 30.3 Å². The van der Waals surface area contributed by atoms with Gasteiger partial charge in [-0.25, -0.2) is 17.5 Å². The molecule has 3 aromatic rings. The predicted molar refractivity (Wildman–Crippen MR) is 83.6 cm³/mol. The van der Waals surface area contributed by atoms with Crippen LogP contribution in [0.15, 0.2) is 60.0 Å². The highest BCUT2D eigenvalue weighted by atomic mass is 32.2. The summed E-state index contributed by atoms with van der Waals surface area (Å²) in [5.74, 6) is -1.56. The largest absolute Gasteiger partial charge is 0.321 e. The van der Waals surface area contributed by atoms with E-state index in [0.29, 0.717) is 0 Å². The number of hydrogen-bond acceptors (Lipinski definition) is 4. The number of carbonyl (C=O) groups is 1. The Kier molecular flexibility index (Phi) is 3.94. The van der Waals surface area contributed by atoms with E-state index in [0.717, 1.165) is 12.3 Å². The zero-order chi connectivity index (χ0) is 17.3. The summed E-state index contributed by atoms with van der Waals surface area (Å²) < 4.78 is 43.1. The molecule has 1 N–H and O–H groups in total. The third kappa shape index (κ3) is 3.06. The van der Waals surface area contributed by atoms with E-state index in [2.05, 4.69) is 5.10 Å². The van der Waals surface area contributed by atoms with Gasteiger partial charge in [-0.1, -0.05) is 0 Å². The molecule has 0 unspecified atom stereocenters. The lowest BCUT2D eigenvalue weighted by atomic mass is 10.2. The Labute approximate surface area is 137 Å². The van der Waals surface area contributed by atoms with Gasteiger partial charge in [-0.3, -0.25) is 9.48 Å². The van der Waals surface area contributed by atoms with Crippen molar-refractivity contribution in [3.05, 3.63) is 66.5 Å². The lowest BCUT2D eigenvalue weighted by Gasteiger charge is -2.08. The molecule has 1 amide bonds. The van der Waals surface area contributed by atoms with Crippen molar-refractivity contribution in [2.24, 2.45) is 7.05 Å². The Hall–Kier alpha value is -2.94. The highest BCUT2D eigenvalue weighted by molar-refractivity contribution is 7.90. The van der Waals surface area contributed by atoms with Crippen LogP contribution in [-0.4, -0.2) is 28.7 Å². The summed E-state index contributed by atoms with van der Waals surface area (Å²) in [5.41, 5.74) is 0.155. The van der Waals surface area contributed by atoms with Gasteiger partial charge in [0.25, 0.3) is 15.9 Å². The van der Waals surface area contributed by atoms with E-state index in [9.17, 15) is 17.6 Å². The van der Waals surface area contributed by atoms with E-state index >= 15 is 0 Å². The SMILES string of the molecule is Cn1cc(S(=O)(=O)NC(=O)c2ccc(-n3cccc3)c(F)c2)cn1. The minimum Gasteiger partial charge on any atom is -0.321 e. The maximum Gasteiger partial charge on any atom is 0.267 e. The molecule has 0 bridgehead atoms. The van der Waals surface area contributed by atoms with Crippen molar-refractivity contribution in [1.29, 1.82) is 0 Å². The Bertz CT molecular complexity index is 994. The number of rotatable bonds is 4. The average Bonchev–Trinajstić information content (AvgIpc) is 3.18. The van der Waals surface area contributed by atoms with Gasteiger partial charge >= 0.3 is 0 Å². The molecule has 9 heteroatoms. The molecule has 0 saturated carbocycles. The Balaban J connectivity index is 1.84. The van der Waals surface area contributed by atoms with Gasteiger partial charge in [0.15, 0.2) is 0 Å². The second-order valence-corrected chi connectivity index (χ2v) is 6.72. The number of halogens is 1. The van der Waals surface area contributed by atoms with Crippen LogP contribution in [0, 0.1) is 5.82 Å². The van der Waals surface area contributed by atoms with Crippen LogP contribution in [-0.2, 0) is 17.1 Å². The van der Waals surface area contributed by atoms with Crippen LogP contribution in [0.4, 0.5) is 4.39 Å². The van der Waals surface area contributed by atoms with E-state index in [1.807, 2.05) is 4.72 Å². The summed E-state index contributed by atoms with van der Waals surface area (Å²) in [7, 11) is -2.51. The molecule has 0 aliphatic heterocycles. The molecule has 0 aliphatic rings. The van der Waals surface area contributed by atoms with Gasteiger partial charge in [0.05, 0.1) is 11.9 Å². The fourth-order valence-electron chi connectivity index (χ4n) is 2.13. The molecule has 2 aromatic heterocycles. The smallest absolute Gasteiger partial charge is 0.267 e. The first-order chi connectivity index (χ1) is 11.4. The number of benzene rings is 1. The van der Waals surface area contributed by atoms with Crippen LogP contribution in [0.2, 0.25) is 0 Å². The molecule has 0 saturated heterocycles. The first-order valence-electron chi connectivity index (χ1n) is 6.85. The third-order valence-electron chi connectivity index (χ3n) is 3.31. The summed E-state index contributed by atoms with van der Waals surface area (Å²) in [6.07, 6.45) is 5.69. The third-order valence-corrected chi connectivity index (χ3v) is 4.60. The molecule has 2 heterocycles. The molecule has 0 fully saturated rings. The summed E-state index contributed by atoms with van der Waals surface area (Å²) in [4.78, 5) is 11.9. The number of nitrogens with zero attached hydrogens (tertiary/aromatic N) is 3. The molecular formula is C15H13FN4O3S. The highest BCUT2D eigenvalue weighted by Gasteiger charge is 2.21. The summed E-state index contributed by atoms with van der Waals surface area (Å²) >= 11 is 0. The quantitative estimate of drug-likeness (QED) is 0.774. The fraction of sp³-hybridized carbons (Fsp3) is 0.0667. The lowest BCUT2D eigenvalue weighted by Crippen LogP contribution is -2.30. The number of hydrogen-bond donors (Lipinski definition) is 1. The fourth-order valence-corrected chi connectivity index (χ4v) is 3.09. The standard InChI is InChI=1S/C15H13FN4O3S/c1-19-10-12(9-17-19)24(22,23)18-15(21)11-4-5-14(13(16)8-11)20-6-2-3-7-20/h2-10H,1H3,(H,18,21). The minimum absolute atomic E-state index is 0.101. The maximum absolute atomic E-state index is 14.2. The molecule has 0 radical (unpaired) electrons. The summed E-state index contributed by atoms with van der Waals surface area (Å²) in [6, 6.07) is 7.22. The zero-order valence-corrected chi connectivity index (χ0v) is 13.4. The van der Waals surface area contributed by atoms with Crippen molar-refractivity contribution >= 4 is 15.9 Å². The second-order valence-electron chi connectivity index (χ2n) is 5.04. The monoisotopic (exact) mass is 348 g/mol. The molecular weight excluding hydrogens is 335 g/mol. The van der Waals surface area contributed by atoms with Crippen LogP contribution in [0.3, 0.4) is 0 Å². The minimum atomic E-state index is -4.06. The van der Waals surface area contributed by atoms with E-state index in [1.54, 1.807) is 36.1 Å². The zero-order valence-electron chi connectivity index (χ0n) is 12.5. The molecule has 124 valence electrons. The Morgan fingerprint density at radius 3 is 2.54 bits per heavy atom. The van der Waals surface area contributed by atoms with E-state index in [-0.39, 0.29) is 16.1 Å². The van der Waals surface area contributed by atoms with Crippen LogP contribution in [0.25, 0.3) is 5.69 Å². The van der Waals surface area contributed by atoms with E-state index in [4.69, 9.17) is 0 Å². The van der Waals surface area contributed by atoms with Crippen molar-refractivity contribution in [2.75, 3.05) is 0 Å². The average molecular weight is 348 g/mol. The topological polar surface area (TPSA) is 86.0 Å². The number of sulfonamides is 1. The number of aromatic nitrogens is 3. The molecule has 24 heavy (non-hydrogen) atoms. The summed E-state index contributed by atoms with van der Waals surface area (Å²) in [5, 5.41) is 3.74. The number of nitrogens with one attached hydrogen (secondary N) is 1. The van der Waals surface area contributed by atoms with Crippen molar-refractivity contribution in [2.45, 2.75) is 4.90 Å². The summed E-state index contributed by atoms with van der Waals surface area (Å²) in [6.45, 7) is 0. The van der Waals surface area contributed by atoms with Gasteiger partial charge in [0.2, 0.25) is 0 Å². The Morgan fingerprint density at radius 1 is 1.25 bits per heavy atom. The van der Waals surface area contributed by atoms with Gasteiger partial charge in [0.1, 0.15) is 10.7 Å². The number of amides is 1. The molecule has 7 nitrogen and oxygen atoms in total. The van der Waals surface area contributed by atoms with Crippen molar-refractivity contribution in [3.8, 4) is 5.69 Å². The first kappa shape index (κ1) is 15.9. The predicted octanol–water partition coefficient (Wildman–Crippen LogP) is 1.47. The van der Waals surface area contributed by atoms with Crippen molar-refractivity contribution in [3.63, 3.8) is 0 Å². The van der Waals surface area contributed by atoms with Gasteiger partial charge in [-0.15, -0.1) is 0 Å². The first-order valence-corrected chi connectivity index (χ1v) is 8.34. The Morgan fingerprint density at radius 2 is 1.96 bits per heavy atom. The molecule has 0 spiro atoms. The second kappa shape index (κ2) is 5.93. The number of carbonyl (C=O) groups excluding carboxylic acids is 1. The van der Waals surface area contributed by atoms with Crippen molar-refractivity contribution in [1.82, 2.24) is 19.1 Å². The van der Waals surface area contributed by atoms with Crippen LogP contribution < -0.4 is 4.72 Å². The van der Waals surface area contributed by atoms with Gasteiger partial charge in [0, 0.05) is 31.2 Å². The molecule has 3 rings (SSSR count).